The Hall–Kier alpha value is -0.430. The molecule has 48 valence electrons. The maximum Gasteiger partial charge on any atom is -0.0562 e. The summed E-state index contributed by atoms with van der Waals surface area (Å²) in [7, 11) is -2.40. The van der Waals surface area contributed by atoms with E-state index in [9.17, 15) is 9.79 Å². The van der Waals surface area contributed by atoms with Gasteiger partial charge in [0.05, 0.1) is 0 Å². The summed E-state index contributed by atoms with van der Waals surface area (Å²) in [6.45, 7) is 0. The summed E-state index contributed by atoms with van der Waals surface area (Å²) in [6.07, 6.45) is 0. The number of hydrogen-bond donors (Lipinski definition) is 0. The van der Waals surface area contributed by atoms with Gasteiger partial charge in [-0.05, 0) is 0 Å². The third-order valence-corrected chi connectivity index (χ3v) is 1.69. The van der Waals surface area contributed by atoms with Crippen LogP contribution in [0.2, 0.25) is 0 Å². The minimum absolute atomic E-state index is 0.368. The van der Waals surface area contributed by atoms with Crippen molar-refractivity contribution in [2.45, 2.75) is 0 Å². The van der Waals surface area contributed by atoms with E-state index in [0.29, 0.717) is 5.30 Å². The lowest BCUT2D eigenvalue weighted by Crippen LogP contribution is -2.18. The van der Waals surface area contributed by atoms with Gasteiger partial charge in [0.15, 0.2) is 0 Å². The second-order valence-corrected chi connectivity index (χ2v) is 2.62. The Balaban J connectivity index is 2.85. The zero-order valence-corrected chi connectivity index (χ0v) is 5.54. The summed E-state index contributed by atoms with van der Waals surface area (Å²) in [5.41, 5.74) is 0. The standard InChI is InChI=1S/C6H5O2P/c7-9(8)6-4-2-1-3-5-6/h1-5H/q-2. The van der Waals surface area contributed by atoms with E-state index in [1.807, 2.05) is 0 Å². The zero-order chi connectivity index (χ0) is 6.69. The van der Waals surface area contributed by atoms with Crippen LogP contribution < -0.4 is 15.1 Å². The molecule has 1 rings (SSSR count). The third-order valence-electron chi connectivity index (χ3n) is 0.967. The molecule has 0 atom stereocenters. The molecule has 1 aromatic rings. The van der Waals surface area contributed by atoms with Crippen LogP contribution in [0, 0.1) is 0 Å². The molecule has 0 unspecified atom stereocenters. The highest BCUT2D eigenvalue weighted by molar-refractivity contribution is 7.51. The number of rotatable bonds is 1. The van der Waals surface area contributed by atoms with E-state index in [4.69, 9.17) is 0 Å². The van der Waals surface area contributed by atoms with Crippen LogP contribution in [-0.4, -0.2) is 0 Å². The van der Waals surface area contributed by atoms with Crippen LogP contribution in [0.25, 0.3) is 0 Å². The van der Waals surface area contributed by atoms with Crippen molar-refractivity contribution < 1.29 is 9.79 Å². The molecule has 1 aromatic carbocycles. The van der Waals surface area contributed by atoms with E-state index < -0.39 is 8.38 Å². The molecule has 0 saturated carbocycles. The van der Waals surface area contributed by atoms with Crippen molar-refractivity contribution in [2.75, 3.05) is 0 Å². The summed E-state index contributed by atoms with van der Waals surface area (Å²) >= 11 is 0. The predicted octanol–water partition coefficient (Wildman–Crippen LogP) is -0.656. The summed E-state index contributed by atoms with van der Waals surface area (Å²) < 4.78 is 0. The van der Waals surface area contributed by atoms with Crippen LogP contribution in [0.1, 0.15) is 0 Å². The lowest BCUT2D eigenvalue weighted by molar-refractivity contribution is -0.287. The first kappa shape index (κ1) is 6.69. The first-order valence-electron chi connectivity index (χ1n) is 2.50. The Kier molecular flexibility index (Phi) is 2.17. The fourth-order valence-electron chi connectivity index (χ4n) is 0.550. The van der Waals surface area contributed by atoms with Gasteiger partial charge in [-0.1, -0.05) is 35.6 Å². The largest absolute Gasteiger partial charge is 0.838 e. The van der Waals surface area contributed by atoms with Crippen molar-refractivity contribution in [3.8, 4) is 0 Å². The first-order chi connectivity index (χ1) is 4.30. The molecule has 0 aliphatic carbocycles. The maximum atomic E-state index is 10.2. The average Bonchev–Trinajstić information content (AvgIpc) is 1.90. The smallest absolute Gasteiger partial charge is 0.0562 e. The van der Waals surface area contributed by atoms with Crippen LogP contribution in [0.4, 0.5) is 0 Å². The monoisotopic (exact) mass is 140 g/mol. The molecule has 0 spiro atoms. The molecular weight excluding hydrogens is 135 g/mol. The molecule has 0 aromatic heterocycles. The van der Waals surface area contributed by atoms with Gasteiger partial charge in [-0.25, -0.2) is 0 Å². The molecule has 0 aliphatic heterocycles. The van der Waals surface area contributed by atoms with Crippen LogP contribution in [0.3, 0.4) is 0 Å². The van der Waals surface area contributed by atoms with E-state index in [2.05, 4.69) is 0 Å². The van der Waals surface area contributed by atoms with Crippen molar-refractivity contribution in [3.63, 3.8) is 0 Å². The molecule has 0 N–H and O–H groups in total. The fraction of sp³-hybridized carbons (Fsp3) is 0. The Labute approximate surface area is 54.7 Å². The molecule has 0 fully saturated rings. The Morgan fingerprint density at radius 1 is 1.00 bits per heavy atom. The van der Waals surface area contributed by atoms with Crippen LogP contribution in [0.15, 0.2) is 30.3 Å². The fourth-order valence-corrected chi connectivity index (χ4v) is 0.965. The van der Waals surface area contributed by atoms with Gasteiger partial charge in [0.25, 0.3) is 0 Å². The van der Waals surface area contributed by atoms with E-state index in [1.165, 1.54) is 0 Å². The predicted molar refractivity (Wildman–Crippen MR) is 33.0 cm³/mol. The SMILES string of the molecule is [O-]P([O-])c1ccccc1. The van der Waals surface area contributed by atoms with Gasteiger partial charge in [0.1, 0.15) is 0 Å². The van der Waals surface area contributed by atoms with Crippen molar-refractivity contribution in [1.82, 2.24) is 0 Å². The molecule has 0 radical (unpaired) electrons. The Morgan fingerprint density at radius 2 is 1.56 bits per heavy atom. The van der Waals surface area contributed by atoms with Gasteiger partial charge >= 0.3 is 0 Å². The molecule has 2 nitrogen and oxygen atoms in total. The van der Waals surface area contributed by atoms with Gasteiger partial charge in [-0.15, -0.1) is 0 Å². The highest BCUT2D eigenvalue weighted by Crippen LogP contribution is 2.08. The highest BCUT2D eigenvalue weighted by atomic mass is 31.2. The van der Waals surface area contributed by atoms with Gasteiger partial charge in [0.2, 0.25) is 0 Å². The third kappa shape index (κ3) is 1.75. The normalized spacial score (nSPS) is 10.1. The van der Waals surface area contributed by atoms with Crippen molar-refractivity contribution in [2.24, 2.45) is 0 Å². The zero-order valence-electron chi connectivity index (χ0n) is 4.65. The minimum Gasteiger partial charge on any atom is -0.838 e. The lowest BCUT2D eigenvalue weighted by atomic mass is 10.4. The molecular formula is C6H5O2P-2. The Bertz CT molecular complexity index is 174. The average molecular weight is 140 g/mol. The molecule has 0 saturated heterocycles. The summed E-state index contributed by atoms with van der Waals surface area (Å²) in [5, 5.41) is 0.368. The molecule has 0 amide bonds. The molecule has 0 bridgehead atoms. The first-order valence-corrected chi connectivity index (χ1v) is 3.68. The Morgan fingerprint density at radius 3 is 1.89 bits per heavy atom. The number of benzene rings is 1. The van der Waals surface area contributed by atoms with E-state index >= 15 is 0 Å². The van der Waals surface area contributed by atoms with Crippen LogP contribution in [0.5, 0.6) is 0 Å². The molecule has 0 heterocycles. The van der Waals surface area contributed by atoms with Crippen LogP contribution >= 0.6 is 8.38 Å². The molecule has 9 heavy (non-hydrogen) atoms. The van der Waals surface area contributed by atoms with Crippen molar-refractivity contribution in [1.29, 1.82) is 0 Å². The highest BCUT2D eigenvalue weighted by Gasteiger charge is 1.79. The quantitative estimate of drug-likeness (QED) is 0.486. The molecule has 0 aliphatic rings. The van der Waals surface area contributed by atoms with E-state index in [1.54, 1.807) is 30.3 Å². The van der Waals surface area contributed by atoms with Gasteiger partial charge in [-0.3, -0.25) is 8.38 Å². The van der Waals surface area contributed by atoms with Crippen molar-refractivity contribution in [3.05, 3.63) is 30.3 Å². The minimum atomic E-state index is -2.40. The molecule has 3 heteroatoms. The van der Waals surface area contributed by atoms with E-state index in [0.717, 1.165) is 0 Å². The maximum absolute atomic E-state index is 10.2. The second kappa shape index (κ2) is 2.92. The summed E-state index contributed by atoms with van der Waals surface area (Å²) in [4.78, 5) is 20.5. The summed E-state index contributed by atoms with van der Waals surface area (Å²) in [6, 6.07) is 8.29. The van der Waals surface area contributed by atoms with E-state index in [-0.39, 0.29) is 0 Å². The van der Waals surface area contributed by atoms with Gasteiger partial charge < -0.3 is 9.79 Å². The topological polar surface area (TPSA) is 46.1 Å². The van der Waals surface area contributed by atoms with Gasteiger partial charge in [-0.2, -0.15) is 0 Å². The summed E-state index contributed by atoms with van der Waals surface area (Å²) in [5.74, 6) is 0. The second-order valence-electron chi connectivity index (χ2n) is 1.59. The van der Waals surface area contributed by atoms with Crippen LogP contribution in [-0.2, 0) is 0 Å². The lowest BCUT2D eigenvalue weighted by Gasteiger charge is -2.30. The number of hydrogen-bond acceptors (Lipinski definition) is 2. The van der Waals surface area contributed by atoms with Gasteiger partial charge in [0, 0.05) is 0 Å². The van der Waals surface area contributed by atoms with Crippen molar-refractivity contribution >= 4 is 13.7 Å².